The van der Waals surface area contributed by atoms with Gasteiger partial charge in [0.1, 0.15) is 5.82 Å². The van der Waals surface area contributed by atoms with E-state index in [0.29, 0.717) is 12.0 Å². The topological polar surface area (TPSA) is 29.3 Å². The summed E-state index contributed by atoms with van der Waals surface area (Å²) in [5.41, 5.74) is 7.81. The molecule has 0 spiro atoms. The van der Waals surface area contributed by atoms with Crippen LogP contribution in [0.1, 0.15) is 32.3 Å². The van der Waals surface area contributed by atoms with Crippen LogP contribution in [0.4, 0.5) is 10.1 Å². The molecule has 0 atom stereocenters. The van der Waals surface area contributed by atoms with E-state index in [1.165, 1.54) is 0 Å². The quantitative estimate of drug-likeness (QED) is 0.893. The van der Waals surface area contributed by atoms with Crippen molar-refractivity contribution in [3.63, 3.8) is 0 Å². The molecule has 1 heterocycles. The van der Waals surface area contributed by atoms with E-state index in [0.717, 1.165) is 43.6 Å². The zero-order chi connectivity index (χ0) is 13.2. The molecular formula is C15H23FN2. The molecule has 1 saturated heterocycles. The smallest absolute Gasteiger partial charge is 0.146 e. The molecule has 0 radical (unpaired) electrons. The maximum atomic E-state index is 14.1. The summed E-state index contributed by atoms with van der Waals surface area (Å²) in [6, 6.07) is 5.32. The molecular weight excluding hydrogens is 227 g/mol. The minimum Gasteiger partial charge on any atom is -0.369 e. The summed E-state index contributed by atoms with van der Waals surface area (Å²) in [5.74, 6) is -0.111. The van der Waals surface area contributed by atoms with Crippen LogP contribution in [0.2, 0.25) is 0 Å². The van der Waals surface area contributed by atoms with Gasteiger partial charge >= 0.3 is 0 Å². The van der Waals surface area contributed by atoms with Gasteiger partial charge < -0.3 is 10.6 Å². The molecule has 0 aromatic heterocycles. The standard InChI is InChI=1S/C15H23FN2/c1-15(2)7-10-18(11-8-15)14-12(6-9-17)4-3-5-13(14)16/h3-5H,6-11,17H2,1-2H3. The Hall–Kier alpha value is -1.09. The van der Waals surface area contributed by atoms with Gasteiger partial charge in [-0.2, -0.15) is 0 Å². The number of piperidine rings is 1. The summed E-state index contributed by atoms with van der Waals surface area (Å²) in [4.78, 5) is 2.19. The maximum absolute atomic E-state index is 14.1. The summed E-state index contributed by atoms with van der Waals surface area (Å²) in [7, 11) is 0. The third-order valence-electron chi connectivity index (χ3n) is 3.92. The fraction of sp³-hybridized carbons (Fsp3) is 0.600. The van der Waals surface area contributed by atoms with E-state index in [4.69, 9.17) is 5.73 Å². The number of nitrogens with two attached hydrogens (primary N) is 1. The highest BCUT2D eigenvalue weighted by molar-refractivity contribution is 5.55. The number of hydrogen-bond acceptors (Lipinski definition) is 2. The zero-order valence-electron chi connectivity index (χ0n) is 11.4. The first-order valence-electron chi connectivity index (χ1n) is 6.76. The lowest BCUT2D eigenvalue weighted by atomic mass is 9.82. The highest BCUT2D eigenvalue weighted by Gasteiger charge is 2.27. The Labute approximate surface area is 109 Å². The molecule has 18 heavy (non-hydrogen) atoms. The molecule has 1 aliphatic heterocycles. The first kappa shape index (κ1) is 13.3. The largest absolute Gasteiger partial charge is 0.369 e. The third-order valence-corrected chi connectivity index (χ3v) is 3.92. The van der Waals surface area contributed by atoms with Gasteiger partial charge in [0, 0.05) is 13.1 Å². The van der Waals surface area contributed by atoms with Crippen molar-refractivity contribution in [1.29, 1.82) is 0 Å². The fourth-order valence-electron chi connectivity index (χ4n) is 2.61. The van der Waals surface area contributed by atoms with Gasteiger partial charge in [0.25, 0.3) is 0 Å². The van der Waals surface area contributed by atoms with E-state index >= 15 is 0 Å². The van der Waals surface area contributed by atoms with Crippen LogP contribution in [-0.2, 0) is 6.42 Å². The van der Waals surface area contributed by atoms with Crippen LogP contribution in [-0.4, -0.2) is 19.6 Å². The van der Waals surface area contributed by atoms with Crippen molar-refractivity contribution in [3.8, 4) is 0 Å². The second-order valence-corrected chi connectivity index (χ2v) is 5.94. The van der Waals surface area contributed by atoms with Crippen LogP contribution >= 0.6 is 0 Å². The lowest BCUT2D eigenvalue weighted by Gasteiger charge is -2.39. The van der Waals surface area contributed by atoms with Gasteiger partial charge in [0.2, 0.25) is 0 Å². The predicted molar refractivity (Wildman–Crippen MR) is 74.4 cm³/mol. The molecule has 1 fully saturated rings. The van der Waals surface area contributed by atoms with E-state index in [-0.39, 0.29) is 5.82 Å². The van der Waals surface area contributed by atoms with Crippen LogP contribution in [0.25, 0.3) is 0 Å². The van der Waals surface area contributed by atoms with Crippen molar-refractivity contribution < 1.29 is 4.39 Å². The molecule has 2 nitrogen and oxygen atoms in total. The van der Waals surface area contributed by atoms with Gasteiger partial charge in [-0.25, -0.2) is 4.39 Å². The molecule has 2 rings (SSSR count). The first-order valence-corrected chi connectivity index (χ1v) is 6.76. The lowest BCUT2D eigenvalue weighted by molar-refractivity contribution is 0.278. The minimum atomic E-state index is -0.111. The summed E-state index contributed by atoms with van der Waals surface area (Å²) >= 11 is 0. The number of rotatable bonds is 3. The molecule has 2 N–H and O–H groups in total. The van der Waals surface area contributed by atoms with Gasteiger partial charge in [-0.15, -0.1) is 0 Å². The van der Waals surface area contributed by atoms with Crippen LogP contribution < -0.4 is 10.6 Å². The van der Waals surface area contributed by atoms with Gasteiger partial charge in [-0.3, -0.25) is 0 Å². The molecule has 100 valence electrons. The second-order valence-electron chi connectivity index (χ2n) is 5.94. The lowest BCUT2D eigenvalue weighted by Crippen LogP contribution is -2.38. The molecule has 0 unspecified atom stereocenters. The Morgan fingerprint density at radius 2 is 1.94 bits per heavy atom. The molecule has 0 aliphatic carbocycles. The Bertz CT molecular complexity index is 405. The van der Waals surface area contributed by atoms with Crippen LogP contribution in [0.15, 0.2) is 18.2 Å². The molecule has 0 saturated carbocycles. The Morgan fingerprint density at radius 3 is 2.56 bits per heavy atom. The van der Waals surface area contributed by atoms with Gasteiger partial charge in [0.15, 0.2) is 0 Å². The molecule has 1 aromatic carbocycles. The predicted octanol–water partition coefficient (Wildman–Crippen LogP) is 2.95. The third kappa shape index (κ3) is 2.83. The number of benzene rings is 1. The van der Waals surface area contributed by atoms with Crippen molar-refractivity contribution in [2.75, 3.05) is 24.5 Å². The number of nitrogens with zero attached hydrogens (tertiary/aromatic N) is 1. The Kier molecular flexibility index (Phi) is 3.91. The fourth-order valence-corrected chi connectivity index (χ4v) is 2.61. The van der Waals surface area contributed by atoms with Crippen molar-refractivity contribution in [3.05, 3.63) is 29.6 Å². The van der Waals surface area contributed by atoms with E-state index < -0.39 is 0 Å². The average molecular weight is 250 g/mol. The minimum absolute atomic E-state index is 0.111. The van der Waals surface area contributed by atoms with Crippen LogP contribution in [0.5, 0.6) is 0 Å². The summed E-state index contributed by atoms with van der Waals surface area (Å²) in [6.45, 7) is 7.01. The van der Waals surface area contributed by atoms with E-state index in [9.17, 15) is 4.39 Å². The normalized spacial score (nSPS) is 19.0. The molecule has 0 amide bonds. The summed E-state index contributed by atoms with van der Waals surface area (Å²) in [5, 5.41) is 0. The number of para-hydroxylation sites is 1. The Morgan fingerprint density at radius 1 is 1.28 bits per heavy atom. The van der Waals surface area contributed by atoms with Crippen LogP contribution in [0, 0.1) is 11.2 Å². The molecule has 0 bridgehead atoms. The van der Waals surface area contributed by atoms with Crippen molar-refractivity contribution in [1.82, 2.24) is 0 Å². The first-order chi connectivity index (χ1) is 8.53. The number of hydrogen-bond donors (Lipinski definition) is 1. The highest BCUT2D eigenvalue weighted by atomic mass is 19.1. The average Bonchev–Trinajstić information content (AvgIpc) is 2.31. The van der Waals surface area contributed by atoms with Gasteiger partial charge in [0.05, 0.1) is 5.69 Å². The summed E-state index contributed by atoms with van der Waals surface area (Å²) in [6.07, 6.45) is 2.97. The van der Waals surface area contributed by atoms with Gasteiger partial charge in [-0.05, 0) is 42.9 Å². The SMILES string of the molecule is CC1(C)CCN(c2c(F)cccc2CCN)CC1. The van der Waals surface area contributed by atoms with Crippen molar-refractivity contribution in [2.24, 2.45) is 11.1 Å². The number of halogens is 1. The molecule has 3 heteroatoms. The molecule has 1 aromatic rings. The van der Waals surface area contributed by atoms with Crippen LogP contribution in [0.3, 0.4) is 0 Å². The summed E-state index contributed by atoms with van der Waals surface area (Å²) < 4.78 is 14.1. The van der Waals surface area contributed by atoms with Gasteiger partial charge in [-0.1, -0.05) is 26.0 Å². The highest BCUT2D eigenvalue weighted by Crippen LogP contribution is 2.34. The van der Waals surface area contributed by atoms with E-state index in [1.807, 2.05) is 6.07 Å². The van der Waals surface area contributed by atoms with E-state index in [1.54, 1.807) is 12.1 Å². The maximum Gasteiger partial charge on any atom is 0.146 e. The van der Waals surface area contributed by atoms with Crippen molar-refractivity contribution in [2.45, 2.75) is 33.1 Å². The van der Waals surface area contributed by atoms with E-state index in [2.05, 4.69) is 18.7 Å². The Balaban J connectivity index is 2.22. The van der Waals surface area contributed by atoms with Crippen molar-refractivity contribution >= 4 is 5.69 Å². The monoisotopic (exact) mass is 250 g/mol. The molecule has 1 aliphatic rings. The number of anilines is 1. The second kappa shape index (κ2) is 5.27. The zero-order valence-corrected chi connectivity index (χ0v) is 11.4.